The highest BCUT2D eigenvalue weighted by Gasteiger charge is 2.14. The minimum atomic E-state index is 0.346. The van der Waals surface area contributed by atoms with E-state index in [9.17, 15) is 0 Å². The van der Waals surface area contributed by atoms with Crippen molar-refractivity contribution in [2.24, 2.45) is 0 Å². The van der Waals surface area contributed by atoms with Crippen molar-refractivity contribution in [2.45, 2.75) is 60.4 Å². The van der Waals surface area contributed by atoms with Crippen LogP contribution in [0.4, 0.5) is 0 Å². The predicted molar refractivity (Wildman–Crippen MR) is 147 cm³/mol. The molecule has 3 heterocycles. The number of nitrogens with zero attached hydrogens (tertiary/aromatic N) is 4. The number of aromatic nitrogens is 4. The van der Waals surface area contributed by atoms with Crippen LogP contribution in [-0.2, 0) is 4.74 Å². The van der Waals surface area contributed by atoms with Gasteiger partial charge in [0.05, 0.1) is 25.3 Å². The smallest absolute Gasteiger partial charge is 0.212 e. The minimum absolute atomic E-state index is 0.346. The van der Waals surface area contributed by atoms with Crippen molar-refractivity contribution >= 4 is 11.6 Å². The summed E-state index contributed by atoms with van der Waals surface area (Å²) in [7, 11) is 1.64. The number of aryl methyl sites for hydroxylation is 1. The molecule has 3 aromatic rings. The Bertz CT molecular complexity index is 1240. The highest BCUT2D eigenvalue weighted by atomic mass is 16.5. The number of aromatic amines is 1. The molecule has 0 bridgehead atoms. The van der Waals surface area contributed by atoms with Gasteiger partial charge in [-0.25, -0.2) is 4.98 Å². The fourth-order valence-electron chi connectivity index (χ4n) is 4.47. The molecule has 0 spiro atoms. The molecule has 3 rings (SSSR count). The maximum absolute atomic E-state index is 5.67. The fourth-order valence-corrected chi connectivity index (χ4v) is 4.47. The van der Waals surface area contributed by atoms with Crippen LogP contribution < -0.4 is 15.3 Å². The summed E-state index contributed by atoms with van der Waals surface area (Å²) in [4.78, 5) is 6.92. The summed E-state index contributed by atoms with van der Waals surface area (Å²) in [5, 5.41) is 9.66. The summed E-state index contributed by atoms with van der Waals surface area (Å²) >= 11 is 0. The van der Waals surface area contributed by atoms with Gasteiger partial charge in [0, 0.05) is 60.2 Å². The number of methoxy groups -OCH3 is 1. The van der Waals surface area contributed by atoms with Crippen LogP contribution in [0.2, 0.25) is 0 Å². The molecule has 3 aromatic heterocycles. The molecule has 0 atom stereocenters. The van der Waals surface area contributed by atoms with E-state index < -0.39 is 0 Å². The average Bonchev–Trinajstić information content (AvgIpc) is 3.51. The first-order valence-electron chi connectivity index (χ1n) is 12.9. The Labute approximate surface area is 215 Å². The van der Waals surface area contributed by atoms with Crippen molar-refractivity contribution in [2.75, 3.05) is 26.9 Å². The van der Waals surface area contributed by atoms with Gasteiger partial charge in [0.2, 0.25) is 5.88 Å². The lowest BCUT2D eigenvalue weighted by Gasteiger charge is -2.30. The van der Waals surface area contributed by atoms with Crippen LogP contribution in [0.5, 0.6) is 5.88 Å². The van der Waals surface area contributed by atoms with Gasteiger partial charge in [-0.3, -0.25) is 5.10 Å². The standard InChI is InChI=1S/C29H41N5O2/c1-8-10-11-26-29(22(5)20-34(26)27-14-15-31-32-27)25(24-12-13-28(35-7)30-19-24)18-23(6)33(21(3)4)16-17-36-9-2/h11-15,18-21H,8-10,16-17H2,1-7H3,(H,31,32)/b23-18+,26-11-,29-25+. The van der Waals surface area contributed by atoms with E-state index in [4.69, 9.17) is 9.47 Å². The Morgan fingerprint density at radius 2 is 2.03 bits per heavy atom. The van der Waals surface area contributed by atoms with Crippen molar-refractivity contribution in [3.63, 3.8) is 0 Å². The molecule has 7 nitrogen and oxygen atoms in total. The topological polar surface area (TPSA) is 68.2 Å². The van der Waals surface area contributed by atoms with Gasteiger partial charge >= 0.3 is 0 Å². The summed E-state index contributed by atoms with van der Waals surface area (Å²) in [6.07, 6.45) is 12.5. The van der Waals surface area contributed by atoms with E-state index in [1.165, 1.54) is 16.5 Å². The molecule has 0 fully saturated rings. The molecule has 194 valence electrons. The summed E-state index contributed by atoms with van der Waals surface area (Å²) in [6, 6.07) is 6.35. The SMILES string of the molecule is CCC/C=c1/c(=C(\C=C(/C)N(CCOCC)C(C)C)c2ccc(OC)nc2)c(C)cn1-c1ccn[nH]1. The van der Waals surface area contributed by atoms with Crippen LogP contribution in [-0.4, -0.2) is 57.6 Å². The van der Waals surface area contributed by atoms with Gasteiger partial charge in [-0.15, -0.1) is 0 Å². The Kier molecular flexibility index (Phi) is 9.94. The largest absolute Gasteiger partial charge is 0.481 e. The maximum Gasteiger partial charge on any atom is 0.212 e. The summed E-state index contributed by atoms with van der Waals surface area (Å²) in [5.74, 6) is 1.55. The highest BCUT2D eigenvalue weighted by Crippen LogP contribution is 2.20. The van der Waals surface area contributed by atoms with Gasteiger partial charge in [0.25, 0.3) is 0 Å². The number of nitrogens with one attached hydrogen (secondary N) is 1. The van der Waals surface area contributed by atoms with Crippen molar-refractivity contribution in [1.29, 1.82) is 0 Å². The van der Waals surface area contributed by atoms with Crippen molar-refractivity contribution in [3.05, 3.63) is 70.3 Å². The van der Waals surface area contributed by atoms with Crippen LogP contribution in [0.15, 0.2) is 48.6 Å². The molecular formula is C29H41N5O2. The molecule has 0 saturated heterocycles. The van der Waals surface area contributed by atoms with Crippen molar-refractivity contribution in [1.82, 2.24) is 24.6 Å². The number of rotatable bonds is 12. The summed E-state index contributed by atoms with van der Waals surface area (Å²) in [6.45, 7) is 15.3. The molecule has 0 unspecified atom stereocenters. The van der Waals surface area contributed by atoms with Gasteiger partial charge in [-0.2, -0.15) is 5.10 Å². The van der Waals surface area contributed by atoms with E-state index >= 15 is 0 Å². The Hall–Kier alpha value is -3.32. The zero-order valence-corrected chi connectivity index (χ0v) is 22.8. The third kappa shape index (κ3) is 6.46. The second-order valence-electron chi connectivity index (χ2n) is 9.15. The van der Waals surface area contributed by atoms with Crippen molar-refractivity contribution < 1.29 is 9.47 Å². The third-order valence-electron chi connectivity index (χ3n) is 6.24. The number of hydrogen-bond donors (Lipinski definition) is 1. The first kappa shape index (κ1) is 27.3. The van der Waals surface area contributed by atoms with Gasteiger partial charge in [0.1, 0.15) is 5.82 Å². The Morgan fingerprint density at radius 1 is 1.22 bits per heavy atom. The van der Waals surface area contributed by atoms with Crippen molar-refractivity contribution in [3.8, 4) is 11.7 Å². The van der Waals surface area contributed by atoms with Gasteiger partial charge in [-0.1, -0.05) is 19.4 Å². The predicted octanol–water partition coefficient (Wildman–Crippen LogP) is 4.34. The normalized spacial score (nSPS) is 13.4. The molecule has 0 aliphatic heterocycles. The van der Waals surface area contributed by atoms with Crippen LogP contribution in [0.25, 0.3) is 17.5 Å². The number of pyridine rings is 1. The molecule has 7 heteroatoms. The fraction of sp³-hybridized carbons (Fsp3) is 0.448. The zero-order valence-electron chi connectivity index (χ0n) is 22.8. The lowest BCUT2D eigenvalue weighted by molar-refractivity contribution is 0.115. The Balaban J connectivity index is 2.33. The number of hydrogen-bond acceptors (Lipinski definition) is 5. The molecule has 0 aromatic carbocycles. The number of allylic oxidation sites excluding steroid dienone is 2. The monoisotopic (exact) mass is 491 g/mol. The molecule has 0 radical (unpaired) electrons. The quantitative estimate of drug-likeness (QED) is 0.382. The second kappa shape index (κ2) is 13.1. The summed E-state index contributed by atoms with van der Waals surface area (Å²) in [5.41, 5.74) is 4.54. The minimum Gasteiger partial charge on any atom is -0.481 e. The van der Waals surface area contributed by atoms with Gasteiger partial charge in [0.15, 0.2) is 0 Å². The van der Waals surface area contributed by atoms with Crippen LogP contribution in [0.3, 0.4) is 0 Å². The maximum atomic E-state index is 5.67. The molecule has 0 saturated carbocycles. The van der Waals surface area contributed by atoms with E-state index in [1.807, 2.05) is 25.3 Å². The molecule has 1 N–H and O–H groups in total. The lowest BCUT2D eigenvalue weighted by atomic mass is 10.0. The molecule has 36 heavy (non-hydrogen) atoms. The zero-order chi connectivity index (χ0) is 26.1. The van der Waals surface area contributed by atoms with Crippen LogP contribution in [0, 0.1) is 6.92 Å². The van der Waals surface area contributed by atoms with Gasteiger partial charge < -0.3 is 18.9 Å². The average molecular weight is 492 g/mol. The summed E-state index contributed by atoms with van der Waals surface area (Å²) < 4.78 is 13.2. The first-order chi connectivity index (χ1) is 17.4. The number of unbranched alkanes of at least 4 members (excludes halogenated alkanes) is 1. The molecule has 0 aliphatic carbocycles. The van der Waals surface area contributed by atoms with E-state index in [0.717, 1.165) is 48.3 Å². The number of ether oxygens (including phenoxy) is 2. The lowest BCUT2D eigenvalue weighted by Crippen LogP contribution is -2.34. The van der Waals surface area contributed by atoms with Crippen LogP contribution in [0.1, 0.15) is 58.6 Å². The number of H-pyrrole nitrogens is 1. The third-order valence-corrected chi connectivity index (χ3v) is 6.24. The van der Waals surface area contributed by atoms with Gasteiger partial charge in [-0.05, 0) is 64.3 Å². The van der Waals surface area contributed by atoms with E-state index in [2.05, 4.69) is 83.7 Å². The van der Waals surface area contributed by atoms with E-state index in [-0.39, 0.29) is 0 Å². The first-order valence-corrected chi connectivity index (χ1v) is 12.9. The van der Waals surface area contributed by atoms with E-state index in [0.29, 0.717) is 18.5 Å². The Morgan fingerprint density at radius 3 is 2.61 bits per heavy atom. The highest BCUT2D eigenvalue weighted by molar-refractivity contribution is 5.75. The van der Waals surface area contributed by atoms with Crippen LogP contribution >= 0.6 is 0 Å². The molecular weight excluding hydrogens is 450 g/mol. The molecule has 0 amide bonds. The second-order valence-corrected chi connectivity index (χ2v) is 9.15. The van der Waals surface area contributed by atoms with E-state index in [1.54, 1.807) is 13.3 Å². The molecule has 0 aliphatic rings.